The van der Waals surface area contributed by atoms with Crippen LogP contribution < -0.4 is 0 Å². The average Bonchev–Trinajstić information content (AvgIpc) is 2.94. The fourth-order valence-corrected chi connectivity index (χ4v) is 4.51. The van der Waals surface area contributed by atoms with Crippen LogP contribution in [-0.4, -0.2) is 37.2 Å². The molecule has 2 unspecified atom stereocenters. The van der Waals surface area contributed by atoms with E-state index in [1.807, 2.05) is 91.0 Å². The zero-order chi connectivity index (χ0) is 26.6. The first-order chi connectivity index (χ1) is 18.6. The molecule has 38 heavy (non-hydrogen) atoms. The first kappa shape index (κ1) is 27.5. The molecule has 1 aliphatic rings. The van der Waals surface area contributed by atoms with Crippen molar-refractivity contribution in [3.63, 3.8) is 0 Å². The molecule has 3 aromatic carbocycles. The molecule has 0 spiro atoms. The fourth-order valence-electron chi connectivity index (χ4n) is 4.51. The summed E-state index contributed by atoms with van der Waals surface area (Å²) < 4.78 is 30.7. The van der Waals surface area contributed by atoms with Crippen molar-refractivity contribution >= 4 is 5.97 Å². The van der Waals surface area contributed by atoms with E-state index >= 15 is 0 Å². The Bertz CT molecular complexity index is 1150. The number of carbonyl (C=O) groups is 1. The van der Waals surface area contributed by atoms with Crippen molar-refractivity contribution in [3.8, 4) is 6.07 Å². The lowest BCUT2D eigenvalue weighted by Crippen LogP contribution is -2.58. The zero-order valence-electron chi connectivity index (χ0n) is 21.5. The number of ether oxygens (including phenoxy) is 5. The highest BCUT2D eigenvalue weighted by Crippen LogP contribution is 2.35. The van der Waals surface area contributed by atoms with Crippen molar-refractivity contribution in [1.82, 2.24) is 0 Å². The van der Waals surface area contributed by atoms with Crippen molar-refractivity contribution in [2.75, 3.05) is 6.61 Å². The van der Waals surface area contributed by atoms with Gasteiger partial charge in [-0.05, 0) is 16.7 Å². The van der Waals surface area contributed by atoms with Crippen LogP contribution in [0.1, 0.15) is 30.0 Å². The second kappa shape index (κ2) is 14.4. The number of nitriles is 1. The number of benzene rings is 3. The molecule has 1 heterocycles. The minimum Gasteiger partial charge on any atom is -0.435 e. The second-order valence-electron chi connectivity index (χ2n) is 9.20. The van der Waals surface area contributed by atoms with Crippen molar-refractivity contribution in [2.45, 2.75) is 57.8 Å². The summed E-state index contributed by atoms with van der Waals surface area (Å²) >= 11 is 0. The van der Waals surface area contributed by atoms with Gasteiger partial charge in [0.2, 0.25) is 6.29 Å². The number of nitrogens with zero attached hydrogens (tertiary/aromatic N) is 1. The summed E-state index contributed by atoms with van der Waals surface area (Å²) in [5, 5.41) is 9.63. The number of rotatable bonds is 12. The van der Waals surface area contributed by atoms with Crippen molar-refractivity contribution < 1.29 is 28.5 Å². The van der Waals surface area contributed by atoms with Gasteiger partial charge in [0.25, 0.3) is 0 Å². The molecule has 1 fully saturated rings. The molecule has 0 aromatic heterocycles. The van der Waals surface area contributed by atoms with Gasteiger partial charge in [0, 0.05) is 13.3 Å². The van der Waals surface area contributed by atoms with Gasteiger partial charge in [-0.3, -0.25) is 4.79 Å². The summed E-state index contributed by atoms with van der Waals surface area (Å²) in [6, 6.07) is 31.7. The first-order valence-corrected chi connectivity index (χ1v) is 12.8. The predicted octanol–water partition coefficient (Wildman–Crippen LogP) is 5.19. The Kier molecular flexibility index (Phi) is 10.4. The highest BCUT2D eigenvalue weighted by molar-refractivity contribution is 5.66. The summed E-state index contributed by atoms with van der Waals surface area (Å²) in [5.41, 5.74) is 3.01. The third-order valence-electron chi connectivity index (χ3n) is 6.34. The lowest BCUT2D eigenvalue weighted by atomic mass is 9.88. The third-order valence-corrected chi connectivity index (χ3v) is 6.34. The van der Waals surface area contributed by atoms with Crippen LogP contribution in [-0.2, 0) is 48.3 Å². The molecule has 0 saturated carbocycles. The summed E-state index contributed by atoms with van der Waals surface area (Å²) in [4.78, 5) is 12.0. The summed E-state index contributed by atoms with van der Waals surface area (Å²) in [7, 11) is 0. The van der Waals surface area contributed by atoms with Crippen molar-refractivity contribution in [2.24, 2.45) is 5.92 Å². The highest BCUT2D eigenvalue weighted by atomic mass is 16.7. The van der Waals surface area contributed by atoms with Gasteiger partial charge in [0.15, 0.2) is 0 Å². The molecule has 4 rings (SSSR count). The maximum absolute atomic E-state index is 12.0. The Balaban J connectivity index is 1.58. The molecule has 0 N–H and O–H groups in total. The van der Waals surface area contributed by atoms with Gasteiger partial charge in [-0.1, -0.05) is 91.0 Å². The predicted molar refractivity (Wildman–Crippen MR) is 140 cm³/mol. The maximum Gasteiger partial charge on any atom is 0.304 e. The maximum atomic E-state index is 12.0. The Morgan fingerprint density at radius 1 is 0.789 bits per heavy atom. The molecule has 0 amide bonds. The highest BCUT2D eigenvalue weighted by Gasteiger charge is 2.49. The first-order valence-electron chi connectivity index (χ1n) is 12.8. The number of hydrogen-bond acceptors (Lipinski definition) is 7. The molecule has 0 bridgehead atoms. The van der Waals surface area contributed by atoms with E-state index in [1.54, 1.807) is 0 Å². The number of hydrogen-bond donors (Lipinski definition) is 0. The molecular weight excluding hydrogens is 482 g/mol. The lowest BCUT2D eigenvalue weighted by molar-refractivity contribution is -0.296. The van der Waals surface area contributed by atoms with Gasteiger partial charge in [-0.25, -0.2) is 0 Å². The van der Waals surface area contributed by atoms with Crippen LogP contribution in [0.15, 0.2) is 91.0 Å². The van der Waals surface area contributed by atoms with Crippen molar-refractivity contribution in [1.29, 1.82) is 5.26 Å². The molecule has 1 aliphatic heterocycles. The average molecular weight is 516 g/mol. The molecule has 5 atom stereocenters. The molecule has 0 radical (unpaired) electrons. The van der Waals surface area contributed by atoms with Crippen LogP contribution in [0.2, 0.25) is 0 Å². The van der Waals surface area contributed by atoms with Crippen molar-refractivity contribution in [3.05, 3.63) is 108 Å². The standard InChI is InChI=1S/C31H33NO6/c1-23(33)37-31-27(17-18-32)29(35-20-25-13-7-3-8-14-25)30(36-21-26-15-9-4-10-16-26)28(38-31)22-34-19-24-11-5-2-6-12-24/h2-16,27-31H,17,19-22H2,1H3/t27?,28-,29-,30+,31?/m1/s1. The normalized spacial score (nSPS) is 22.9. The minimum atomic E-state index is -0.963. The molecule has 7 heteroatoms. The van der Waals surface area contributed by atoms with E-state index < -0.39 is 36.5 Å². The topological polar surface area (TPSA) is 87.0 Å². The van der Waals surface area contributed by atoms with E-state index in [9.17, 15) is 10.1 Å². The molecule has 198 valence electrons. The van der Waals surface area contributed by atoms with Crippen LogP contribution in [0.5, 0.6) is 0 Å². The fraction of sp³-hybridized carbons (Fsp3) is 0.355. The molecule has 1 saturated heterocycles. The quantitative estimate of drug-likeness (QED) is 0.307. The third kappa shape index (κ3) is 7.98. The van der Waals surface area contributed by atoms with Gasteiger partial charge in [-0.2, -0.15) is 5.26 Å². The second-order valence-corrected chi connectivity index (χ2v) is 9.20. The SMILES string of the molecule is CC(=O)OC1O[C@H](COCc2ccccc2)[C@H](OCc2ccccc2)[C@H](OCc2ccccc2)C1CC#N. The van der Waals surface area contributed by atoms with Crippen LogP contribution in [0, 0.1) is 17.2 Å². The van der Waals surface area contributed by atoms with E-state index in [2.05, 4.69) is 6.07 Å². The van der Waals surface area contributed by atoms with Crippen LogP contribution in [0.4, 0.5) is 0 Å². The van der Waals surface area contributed by atoms with E-state index in [1.165, 1.54) is 6.92 Å². The summed E-state index contributed by atoms with van der Waals surface area (Å²) in [6.07, 6.45) is -2.64. The number of carbonyl (C=O) groups excluding carboxylic acids is 1. The molecule has 3 aromatic rings. The minimum absolute atomic E-state index is 0.0696. The lowest BCUT2D eigenvalue weighted by Gasteiger charge is -2.45. The Morgan fingerprint density at radius 3 is 1.79 bits per heavy atom. The van der Waals surface area contributed by atoms with Gasteiger partial charge in [0.1, 0.15) is 12.2 Å². The monoisotopic (exact) mass is 515 g/mol. The largest absolute Gasteiger partial charge is 0.435 e. The van der Waals surface area contributed by atoms with E-state index in [4.69, 9.17) is 23.7 Å². The smallest absolute Gasteiger partial charge is 0.304 e. The van der Waals surface area contributed by atoms with Gasteiger partial charge in [0.05, 0.1) is 44.5 Å². The van der Waals surface area contributed by atoms with Crippen LogP contribution in [0.3, 0.4) is 0 Å². The zero-order valence-corrected chi connectivity index (χ0v) is 21.5. The Morgan fingerprint density at radius 2 is 1.29 bits per heavy atom. The molecule has 7 nitrogen and oxygen atoms in total. The Labute approximate surface area is 223 Å². The number of esters is 1. The molecular formula is C31H33NO6. The van der Waals surface area contributed by atoms with Crippen LogP contribution in [0.25, 0.3) is 0 Å². The van der Waals surface area contributed by atoms with Gasteiger partial charge in [-0.15, -0.1) is 0 Å². The van der Waals surface area contributed by atoms with Gasteiger partial charge < -0.3 is 23.7 Å². The van der Waals surface area contributed by atoms with E-state index in [0.717, 1.165) is 16.7 Å². The van der Waals surface area contributed by atoms with E-state index in [-0.39, 0.29) is 13.0 Å². The summed E-state index contributed by atoms with van der Waals surface area (Å²) in [5.74, 6) is -1.04. The summed E-state index contributed by atoms with van der Waals surface area (Å²) in [6.45, 7) is 2.54. The van der Waals surface area contributed by atoms with Gasteiger partial charge >= 0.3 is 5.97 Å². The molecule has 0 aliphatic carbocycles. The van der Waals surface area contributed by atoms with E-state index in [0.29, 0.717) is 19.8 Å². The van der Waals surface area contributed by atoms with Crippen LogP contribution >= 0.6 is 0 Å². The Hall–Kier alpha value is -3.54.